The third kappa shape index (κ3) is 2.36. The second-order valence-corrected chi connectivity index (χ2v) is 6.85. The molecule has 1 saturated carbocycles. The van der Waals surface area contributed by atoms with E-state index in [1.807, 2.05) is 18.5 Å². The first-order valence-corrected chi connectivity index (χ1v) is 8.60. The molecule has 0 radical (unpaired) electrons. The molecule has 5 heteroatoms. The van der Waals surface area contributed by atoms with Gasteiger partial charge in [0.25, 0.3) is 0 Å². The number of H-pyrrole nitrogens is 2. The average Bonchev–Trinajstić information content (AvgIpc) is 3.13. The van der Waals surface area contributed by atoms with Gasteiger partial charge in [0.15, 0.2) is 0 Å². The SMILES string of the molecule is c1cc(-c2cc(C3CCN(C4CC4)CC3)[nH]n2)c2cc[nH]c2n1. The summed E-state index contributed by atoms with van der Waals surface area (Å²) >= 11 is 0. The topological polar surface area (TPSA) is 60.6 Å². The minimum absolute atomic E-state index is 0.620. The van der Waals surface area contributed by atoms with Gasteiger partial charge < -0.3 is 9.88 Å². The van der Waals surface area contributed by atoms with Crippen LogP contribution in [0.25, 0.3) is 22.3 Å². The van der Waals surface area contributed by atoms with Crippen LogP contribution >= 0.6 is 0 Å². The maximum atomic E-state index is 4.58. The van der Waals surface area contributed by atoms with Crippen LogP contribution in [0.1, 0.15) is 37.3 Å². The summed E-state index contributed by atoms with van der Waals surface area (Å²) in [6.45, 7) is 2.47. The first-order valence-electron chi connectivity index (χ1n) is 8.60. The van der Waals surface area contributed by atoms with E-state index in [1.165, 1.54) is 44.5 Å². The first kappa shape index (κ1) is 13.3. The first-order chi connectivity index (χ1) is 11.4. The van der Waals surface area contributed by atoms with Gasteiger partial charge in [0.2, 0.25) is 0 Å². The third-order valence-electron chi connectivity index (χ3n) is 5.37. The van der Waals surface area contributed by atoms with Gasteiger partial charge in [-0.05, 0) is 57.0 Å². The van der Waals surface area contributed by atoms with Gasteiger partial charge in [-0.3, -0.25) is 5.10 Å². The molecule has 5 nitrogen and oxygen atoms in total. The molecule has 3 aromatic rings. The van der Waals surface area contributed by atoms with E-state index in [4.69, 9.17) is 0 Å². The summed E-state index contributed by atoms with van der Waals surface area (Å²) < 4.78 is 0. The van der Waals surface area contributed by atoms with E-state index >= 15 is 0 Å². The van der Waals surface area contributed by atoms with Crippen LogP contribution in [-0.2, 0) is 0 Å². The van der Waals surface area contributed by atoms with Crippen molar-refractivity contribution >= 4 is 11.0 Å². The zero-order valence-corrected chi connectivity index (χ0v) is 13.1. The van der Waals surface area contributed by atoms with Crippen LogP contribution in [0, 0.1) is 0 Å². The highest BCUT2D eigenvalue weighted by molar-refractivity contribution is 5.91. The fourth-order valence-corrected chi connectivity index (χ4v) is 3.88. The Morgan fingerprint density at radius 2 is 1.96 bits per heavy atom. The molecule has 118 valence electrons. The van der Waals surface area contributed by atoms with Crippen molar-refractivity contribution in [1.29, 1.82) is 0 Å². The van der Waals surface area contributed by atoms with E-state index in [0.717, 1.165) is 28.3 Å². The highest BCUT2D eigenvalue weighted by atomic mass is 15.2. The van der Waals surface area contributed by atoms with Crippen molar-refractivity contribution in [2.45, 2.75) is 37.6 Å². The number of nitrogens with zero attached hydrogens (tertiary/aromatic N) is 3. The van der Waals surface area contributed by atoms with Crippen LogP contribution in [0.2, 0.25) is 0 Å². The fourth-order valence-electron chi connectivity index (χ4n) is 3.88. The molecule has 2 aliphatic rings. The van der Waals surface area contributed by atoms with Gasteiger partial charge in [-0.2, -0.15) is 5.10 Å². The van der Waals surface area contributed by atoms with Crippen LogP contribution in [-0.4, -0.2) is 44.2 Å². The number of likely N-dealkylation sites (tertiary alicyclic amines) is 1. The van der Waals surface area contributed by atoms with Crippen LogP contribution < -0.4 is 0 Å². The van der Waals surface area contributed by atoms with Gasteiger partial charge in [0.05, 0.1) is 5.69 Å². The second-order valence-electron chi connectivity index (χ2n) is 6.85. The Balaban J connectivity index is 1.39. The summed E-state index contributed by atoms with van der Waals surface area (Å²) in [5, 5.41) is 9.00. The number of rotatable bonds is 3. The molecule has 23 heavy (non-hydrogen) atoms. The molecule has 2 N–H and O–H groups in total. The van der Waals surface area contributed by atoms with Crippen molar-refractivity contribution in [3.63, 3.8) is 0 Å². The van der Waals surface area contributed by atoms with Crippen molar-refractivity contribution < 1.29 is 0 Å². The fraction of sp³-hybridized carbons (Fsp3) is 0.444. The zero-order valence-electron chi connectivity index (χ0n) is 13.1. The van der Waals surface area contributed by atoms with E-state index in [0.29, 0.717) is 5.92 Å². The monoisotopic (exact) mass is 307 g/mol. The maximum Gasteiger partial charge on any atom is 0.137 e. The average molecular weight is 307 g/mol. The molecule has 1 aliphatic carbocycles. The Morgan fingerprint density at radius 3 is 2.78 bits per heavy atom. The number of piperidine rings is 1. The molecule has 4 heterocycles. The molecule has 0 aromatic carbocycles. The molecule has 0 bridgehead atoms. The second kappa shape index (κ2) is 5.20. The van der Waals surface area contributed by atoms with Gasteiger partial charge in [-0.15, -0.1) is 0 Å². The highest BCUT2D eigenvalue weighted by Crippen LogP contribution is 2.35. The van der Waals surface area contributed by atoms with Gasteiger partial charge in [0.1, 0.15) is 5.65 Å². The summed E-state index contributed by atoms with van der Waals surface area (Å²) in [7, 11) is 0. The lowest BCUT2D eigenvalue weighted by molar-refractivity contribution is 0.202. The minimum Gasteiger partial charge on any atom is -0.346 e. The van der Waals surface area contributed by atoms with Crippen LogP contribution in [0.4, 0.5) is 0 Å². The lowest BCUT2D eigenvalue weighted by Crippen LogP contribution is -2.34. The summed E-state index contributed by atoms with van der Waals surface area (Å²) in [5.41, 5.74) is 4.38. The predicted molar refractivity (Wildman–Crippen MR) is 90.2 cm³/mol. The number of aromatic nitrogens is 4. The standard InChI is InChI=1S/C18H21N5/c1-2-13(1)23-9-5-12(6-10-23)16-11-17(22-21-16)14-3-7-19-18-15(14)4-8-20-18/h3-4,7-8,11-13H,1-2,5-6,9-10H2,(H,19,20)(H,21,22). The van der Waals surface area contributed by atoms with Gasteiger partial charge in [-0.25, -0.2) is 4.98 Å². The molecular weight excluding hydrogens is 286 g/mol. The number of nitrogens with one attached hydrogen (secondary N) is 2. The molecule has 2 fully saturated rings. The molecule has 0 amide bonds. The molecule has 0 spiro atoms. The molecule has 3 aromatic heterocycles. The van der Waals surface area contributed by atoms with Gasteiger partial charge in [0, 0.05) is 41.0 Å². The predicted octanol–water partition coefficient (Wildman–Crippen LogP) is 3.29. The van der Waals surface area contributed by atoms with E-state index in [1.54, 1.807) is 0 Å². The minimum atomic E-state index is 0.620. The normalized spacial score (nSPS) is 20.3. The molecule has 0 unspecified atom stereocenters. The number of hydrogen-bond donors (Lipinski definition) is 2. The number of fused-ring (bicyclic) bond motifs is 1. The zero-order chi connectivity index (χ0) is 15.2. The van der Waals surface area contributed by atoms with E-state index in [-0.39, 0.29) is 0 Å². The molecular formula is C18H21N5. The van der Waals surface area contributed by atoms with Crippen LogP contribution in [0.3, 0.4) is 0 Å². The molecule has 5 rings (SSSR count). The van der Waals surface area contributed by atoms with Gasteiger partial charge >= 0.3 is 0 Å². The van der Waals surface area contributed by atoms with Crippen molar-refractivity contribution in [2.75, 3.05) is 13.1 Å². The van der Waals surface area contributed by atoms with Crippen molar-refractivity contribution in [1.82, 2.24) is 25.1 Å². The lowest BCUT2D eigenvalue weighted by Gasteiger charge is -2.31. The van der Waals surface area contributed by atoms with E-state index in [9.17, 15) is 0 Å². The summed E-state index contributed by atoms with van der Waals surface area (Å²) in [6.07, 6.45) is 9.09. The van der Waals surface area contributed by atoms with E-state index < -0.39 is 0 Å². The molecule has 1 aliphatic heterocycles. The van der Waals surface area contributed by atoms with Gasteiger partial charge in [-0.1, -0.05) is 0 Å². The smallest absolute Gasteiger partial charge is 0.137 e. The Morgan fingerprint density at radius 1 is 1.09 bits per heavy atom. The molecule has 0 atom stereocenters. The van der Waals surface area contributed by atoms with E-state index in [2.05, 4.69) is 37.2 Å². The van der Waals surface area contributed by atoms with Crippen molar-refractivity contribution in [3.05, 3.63) is 36.3 Å². The largest absolute Gasteiger partial charge is 0.346 e. The lowest BCUT2D eigenvalue weighted by atomic mass is 9.93. The molecule has 1 saturated heterocycles. The highest BCUT2D eigenvalue weighted by Gasteiger charge is 2.32. The Hall–Kier alpha value is -2.14. The Bertz CT molecular complexity index is 821. The quantitative estimate of drug-likeness (QED) is 0.780. The maximum absolute atomic E-state index is 4.58. The number of aromatic amines is 2. The number of hydrogen-bond acceptors (Lipinski definition) is 3. The summed E-state index contributed by atoms with van der Waals surface area (Å²) in [4.78, 5) is 10.2. The van der Waals surface area contributed by atoms with Crippen LogP contribution in [0.15, 0.2) is 30.6 Å². The summed E-state index contributed by atoms with van der Waals surface area (Å²) in [5.74, 6) is 0.620. The van der Waals surface area contributed by atoms with Crippen molar-refractivity contribution in [2.24, 2.45) is 0 Å². The Labute approximate surface area is 135 Å². The van der Waals surface area contributed by atoms with Crippen molar-refractivity contribution in [3.8, 4) is 11.3 Å². The van der Waals surface area contributed by atoms with Crippen LogP contribution in [0.5, 0.6) is 0 Å². The summed E-state index contributed by atoms with van der Waals surface area (Å²) in [6, 6.07) is 7.25. The third-order valence-corrected chi connectivity index (χ3v) is 5.37. The Kier molecular flexibility index (Phi) is 3.01. The number of pyridine rings is 1.